The summed E-state index contributed by atoms with van der Waals surface area (Å²) in [4.78, 5) is 21.0. The SMILES string of the molecule is CC(CC=O)COCCCCCCOc1ccc(C(=O)O)cc1. The van der Waals surface area contributed by atoms with E-state index in [2.05, 4.69) is 0 Å². The lowest BCUT2D eigenvalue weighted by Gasteiger charge is -2.09. The van der Waals surface area contributed by atoms with Crippen LogP contribution >= 0.6 is 0 Å². The third-order valence-electron chi connectivity index (χ3n) is 3.45. The molecule has 0 saturated heterocycles. The van der Waals surface area contributed by atoms with Crippen LogP contribution in [0.2, 0.25) is 0 Å². The zero-order chi connectivity index (χ0) is 16.9. The molecule has 0 spiro atoms. The number of hydrogen-bond donors (Lipinski definition) is 1. The first-order chi connectivity index (χ1) is 11.1. The van der Waals surface area contributed by atoms with Gasteiger partial charge in [0.1, 0.15) is 12.0 Å². The van der Waals surface area contributed by atoms with E-state index >= 15 is 0 Å². The molecule has 0 saturated carbocycles. The number of ether oxygens (including phenoxy) is 2. The lowest BCUT2D eigenvalue weighted by Crippen LogP contribution is -2.07. The molecule has 0 heterocycles. The number of rotatable bonds is 13. The maximum Gasteiger partial charge on any atom is 0.335 e. The molecule has 0 aromatic heterocycles. The third-order valence-corrected chi connectivity index (χ3v) is 3.45. The molecular formula is C18H26O5. The lowest BCUT2D eigenvalue weighted by atomic mass is 10.1. The predicted molar refractivity (Wildman–Crippen MR) is 88.0 cm³/mol. The fourth-order valence-corrected chi connectivity index (χ4v) is 2.06. The van der Waals surface area contributed by atoms with Crippen LogP contribution < -0.4 is 4.74 Å². The van der Waals surface area contributed by atoms with Crippen molar-refractivity contribution in [2.24, 2.45) is 5.92 Å². The molecule has 23 heavy (non-hydrogen) atoms. The Hall–Kier alpha value is -1.88. The minimum Gasteiger partial charge on any atom is -0.494 e. The van der Waals surface area contributed by atoms with Crippen LogP contribution in [0.5, 0.6) is 5.75 Å². The van der Waals surface area contributed by atoms with Crippen LogP contribution in [0.4, 0.5) is 0 Å². The van der Waals surface area contributed by atoms with Gasteiger partial charge in [-0.05, 0) is 49.4 Å². The first-order valence-corrected chi connectivity index (χ1v) is 8.11. The van der Waals surface area contributed by atoms with Crippen molar-refractivity contribution in [2.45, 2.75) is 39.0 Å². The molecule has 1 rings (SSSR count). The second-order valence-electron chi connectivity index (χ2n) is 5.67. The third kappa shape index (κ3) is 8.98. The van der Waals surface area contributed by atoms with Gasteiger partial charge < -0.3 is 19.4 Å². The van der Waals surface area contributed by atoms with E-state index in [1.165, 1.54) is 0 Å². The summed E-state index contributed by atoms with van der Waals surface area (Å²) in [6.45, 7) is 4.02. The maximum atomic E-state index is 10.7. The highest BCUT2D eigenvalue weighted by Gasteiger charge is 2.02. The van der Waals surface area contributed by atoms with E-state index in [0.717, 1.165) is 38.6 Å². The van der Waals surface area contributed by atoms with Crippen molar-refractivity contribution in [1.82, 2.24) is 0 Å². The van der Waals surface area contributed by atoms with Gasteiger partial charge in [0.2, 0.25) is 0 Å². The summed E-state index contributed by atoms with van der Waals surface area (Å²) in [5, 5.41) is 8.80. The summed E-state index contributed by atoms with van der Waals surface area (Å²) in [5.74, 6) is 0.0650. The van der Waals surface area contributed by atoms with E-state index in [1.807, 2.05) is 6.92 Å². The van der Waals surface area contributed by atoms with Crippen molar-refractivity contribution in [1.29, 1.82) is 0 Å². The number of carboxylic acid groups (broad SMARTS) is 1. The number of hydrogen-bond acceptors (Lipinski definition) is 4. The van der Waals surface area contributed by atoms with Crippen LogP contribution in [0, 0.1) is 5.92 Å². The summed E-state index contributed by atoms with van der Waals surface area (Å²) >= 11 is 0. The summed E-state index contributed by atoms with van der Waals surface area (Å²) in [7, 11) is 0. The Labute approximate surface area is 137 Å². The van der Waals surface area contributed by atoms with Gasteiger partial charge in [-0.3, -0.25) is 0 Å². The van der Waals surface area contributed by atoms with E-state index in [9.17, 15) is 9.59 Å². The minimum atomic E-state index is -0.931. The Bertz CT molecular complexity index is 455. The first-order valence-electron chi connectivity index (χ1n) is 8.11. The van der Waals surface area contributed by atoms with Gasteiger partial charge in [0.25, 0.3) is 0 Å². The molecule has 1 unspecified atom stereocenters. The number of unbranched alkanes of at least 4 members (excludes halogenated alkanes) is 3. The van der Waals surface area contributed by atoms with Crippen molar-refractivity contribution >= 4 is 12.3 Å². The monoisotopic (exact) mass is 322 g/mol. The zero-order valence-corrected chi connectivity index (χ0v) is 13.7. The van der Waals surface area contributed by atoms with Crippen LogP contribution in [0.3, 0.4) is 0 Å². The number of carbonyl (C=O) groups is 2. The predicted octanol–water partition coefficient (Wildman–Crippen LogP) is 3.57. The molecule has 1 aromatic rings. The van der Waals surface area contributed by atoms with Gasteiger partial charge in [0.05, 0.1) is 12.2 Å². The van der Waals surface area contributed by atoms with Crippen LogP contribution in [-0.4, -0.2) is 37.2 Å². The maximum absolute atomic E-state index is 10.7. The largest absolute Gasteiger partial charge is 0.494 e. The standard InChI is InChI=1S/C18H26O5/c1-15(10-11-19)14-22-12-4-2-3-5-13-23-17-8-6-16(7-9-17)18(20)21/h6-9,11,15H,2-5,10,12-14H2,1H3,(H,20,21). The molecule has 1 atom stereocenters. The van der Waals surface area contributed by atoms with Gasteiger partial charge in [-0.1, -0.05) is 13.3 Å². The topological polar surface area (TPSA) is 72.8 Å². The Morgan fingerprint density at radius 1 is 1.13 bits per heavy atom. The van der Waals surface area contributed by atoms with Crippen LogP contribution in [0.25, 0.3) is 0 Å². The lowest BCUT2D eigenvalue weighted by molar-refractivity contribution is -0.108. The number of carbonyl (C=O) groups excluding carboxylic acids is 1. The van der Waals surface area contributed by atoms with Gasteiger partial charge in [0.15, 0.2) is 0 Å². The average molecular weight is 322 g/mol. The minimum absolute atomic E-state index is 0.264. The number of aldehydes is 1. The van der Waals surface area contributed by atoms with Gasteiger partial charge in [-0.15, -0.1) is 0 Å². The van der Waals surface area contributed by atoms with Gasteiger partial charge in [-0.2, -0.15) is 0 Å². The Morgan fingerprint density at radius 3 is 2.39 bits per heavy atom. The van der Waals surface area contributed by atoms with Crippen LogP contribution in [0.15, 0.2) is 24.3 Å². The molecule has 1 aromatic carbocycles. The molecule has 0 fully saturated rings. The normalized spacial score (nSPS) is 11.9. The van der Waals surface area contributed by atoms with Crippen molar-refractivity contribution in [3.05, 3.63) is 29.8 Å². The zero-order valence-electron chi connectivity index (χ0n) is 13.7. The first kappa shape index (κ1) is 19.2. The second-order valence-corrected chi connectivity index (χ2v) is 5.67. The molecule has 1 N–H and O–H groups in total. The number of aromatic carboxylic acids is 1. The van der Waals surface area contributed by atoms with Crippen LogP contribution in [0.1, 0.15) is 49.4 Å². The quantitative estimate of drug-likeness (QED) is 0.444. The highest BCUT2D eigenvalue weighted by atomic mass is 16.5. The van der Waals surface area contributed by atoms with Crippen molar-refractivity contribution in [3.8, 4) is 5.75 Å². The molecular weight excluding hydrogens is 296 g/mol. The second kappa shape index (κ2) is 11.7. The van der Waals surface area contributed by atoms with E-state index < -0.39 is 5.97 Å². The van der Waals surface area contributed by atoms with E-state index in [0.29, 0.717) is 31.3 Å². The van der Waals surface area contributed by atoms with Crippen molar-refractivity contribution < 1.29 is 24.2 Å². The highest BCUT2D eigenvalue weighted by molar-refractivity contribution is 5.87. The van der Waals surface area contributed by atoms with Crippen molar-refractivity contribution in [2.75, 3.05) is 19.8 Å². The Morgan fingerprint density at radius 2 is 1.78 bits per heavy atom. The number of carboxylic acids is 1. The summed E-state index contributed by atoms with van der Waals surface area (Å²) in [6.07, 6.45) is 5.63. The molecule has 0 aliphatic rings. The fraction of sp³-hybridized carbons (Fsp3) is 0.556. The fourth-order valence-electron chi connectivity index (χ4n) is 2.06. The molecule has 0 bridgehead atoms. The molecule has 0 amide bonds. The van der Waals surface area contributed by atoms with E-state index in [-0.39, 0.29) is 5.56 Å². The molecule has 128 valence electrons. The average Bonchev–Trinajstić information content (AvgIpc) is 2.54. The van der Waals surface area contributed by atoms with Crippen LogP contribution in [-0.2, 0) is 9.53 Å². The summed E-state index contributed by atoms with van der Waals surface area (Å²) < 4.78 is 11.1. The molecule has 5 heteroatoms. The van der Waals surface area contributed by atoms with Gasteiger partial charge in [-0.25, -0.2) is 4.79 Å². The summed E-state index contributed by atoms with van der Waals surface area (Å²) in [5.41, 5.74) is 0.264. The van der Waals surface area contributed by atoms with Gasteiger partial charge in [0, 0.05) is 19.6 Å². The smallest absolute Gasteiger partial charge is 0.335 e. The molecule has 5 nitrogen and oxygen atoms in total. The van der Waals surface area contributed by atoms with Crippen molar-refractivity contribution in [3.63, 3.8) is 0 Å². The summed E-state index contributed by atoms with van der Waals surface area (Å²) in [6, 6.07) is 6.44. The molecule has 0 radical (unpaired) electrons. The molecule has 0 aliphatic heterocycles. The van der Waals surface area contributed by atoms with Gasteiger partial charge >= 0.3 is 5.97 Å². The Balaban J connectivity index is 1.97. The molecule has 0 aliphatic carbocycles. The van der Waals surface area contributed by atoms with E-state index in [4.69, 9.17) is 14.6 Å². The highest BCUT2D eigenvalue weighted by Crippen LogP contribution is 2.13. The van der Waals surface area contributed by atoms with E-state index in [1.54, 1.807) is 24.3 Å². The number of benzene rings is 1. The Kier molecular flexibility index (Phi) is 9.71.